The quantitative estimate of drug-likeness (QED) is 0.766. The van der Waals surface area contributed by atoms with Crippen LogP contribution in [-0.2, 0) is 0 Å². The monoisotopic (exact) mass is 239 g/mol. The number of pyridine rings is 1. The van der Waals surface area contributed by atoms with E-state index in [4.69, 9.17) is 5.73 Å². The van der Waals surface area contributed by atoms with E-state index in [1.807, 2.05) is 0 Å². The van der Waals surface area contributed by atoms with E-state index in [0.29, 0.717) is 21.1 Å². The Labute approximate surface area is 81.5 Å². The van der Waals surface area contributed by atoms with Gasteiger partial charge in [0.25, 0.3) is 5.91 Å². The number of rotatable bonds is 1. The summed E-state index contributed by atoms with van der Waals surface area (Å²) in [6.45, 7) is 0. The van der Waals surface area contributed by atoms with E-state index in [2.05, 4.69) is 37.3 Å². The molecule has 1 radical (unpaired) electrons. The summed E-state index contributed by atoms with van der Waals surface area (Å²) in [5.41, 5.74) is 6.02. The fourth-order valence-electron chi connectivity index (χ4n) is 1.06. The van der Waals surface area contributed by atoms with Gasteiger partial charge in [0.1, 0.15) is 6.20 Å². The normalized spacial score (nSPS) is 10.5. The lowest BCUT2D eigenvalue weighted by molar-refractivity contribution is 0.100. The van der Waals surface area contributed by atoms with E-state index in [1.54, 1.807) is 0 Å². The molecule has 0 fully saturated rings. The maximum Gasteiger partial charge on any atom is 0.250 e. The van der Waals surface area contributed by atoms with E-state index in [1.165, 1.54) is 6.20 Å². The second-order valence-electron chi connectivity index (χ2n) is 2.40. The number of carbonyl (C=O) groups is 1. The standard InChI is InChI=1S/C7H4BrN4O/c8-4-2-10-7-3(1-11-12-7)5(4)6(9)13/h2H,(H2,9,13)(H,10,11,12). The maximum absolute atomic E-state index is 11.0. The number of primary amides is 1. The van der Waals surface area contributed by atoms with Crippen molar-refractivity contribution in [1.29, 1.82) is 0 Å². The van der Waals surface area contributed by atoms with Gasteiger partial charge in [-0.2, -0.15) is 5.10 Å². The molecule has 2 heterocycles. The van der Waals surface area contributed by atoms with Crippen molar-refractivity contribution in [3.05, 3.63) is 22.4 Å². The van der Waals surface area contributed by atoms with E-state index in [9.17, 15) is 4.79 Å². The molecule has 13 heavy (non-hydrogen) atoms. The summed E-state index contributed by atoms with van der Waals surface area (Å²) < 4.78 is 0.546. The fraction of sp³-hybridized carbons (Fsp3) is 0. The molecular weight excluding hydrogens is 236 g/mol. The molecule has 0 aliphatic carbocycles. The minimum Gasteiger partial charge on any atom is -0.366 e. The number of aromatic amines is 1. The van der Waals surface area contributed by atoms with Gasteiger partial charge in [0.2, 0.25) is 0 Å². The zero-order chi connectivity index (χ0) is 9.42. The first-order valence-corrected chi connectivity index (χ1v) is 4.19. The zero-order valence-electron chi connectivity index (χ0n) is 6.34. The predicted molar refractivity (Wildman–Crippen MR) is 48.9 cm³/mol. The molecule has 0 saturated carbocycles. The van der Waals surface area contributed by atoms with Gasteiger partial charge in [-0.3, -0.25) is 9.89 Å². The second kappa shape index (κ2) is 2.81. The highest BCUT2D eigenvalue weighted by Gasteiger charge is 2.13. The molecule has 2 aromatic rings. The van der Waals surface area contributed by atoms with Crippen molar-refractivity contribution >= 4 is 32.9 Å². The molecule has 2 aromatic heterocycles. The van der Waals surface area contributed by atoms with Gasteiger partial charge in [0.05, 0.1) is 10.9 Å². The van der Waals surface area contributed by atoms with Gasteiger partial charge in [0, 0.05) is 10.7 Å². The van der Waals surface area contributed by atoms with Crippen LogP contribution >= 0.6 is 15.9 Å². The van der Waals surface area contributed by atoms with Crippen molar-refractivity contribution in [2.24, 2.45) is 5.73 Å². The Hall–Kier alpha value is -1.43. The van der Waals surface area contributed by atoms with Gasteiger partial charge in [-0.05, 0) is 15.9 Å². The SMILES string of the molecule is NC(=O)c1c(Br)cnc2[nH]n[c]c12. The number of H-pyrrole nitrogens is 1. The highest BCUT2D eigenvalue weighted by atomic mass is 79.9. The van der Waals surface area contributed by atoms with Crippen LogP contribution in [0.15, 0.2) is 10.7 Å². The molecule has 1 amide bonds. The van der Waals surface area contributed by atoms with Crippen LogP contribution in [0.4, 0.5) is 0 Å². The van der Waals surface area contributed by atoms with Gasteiger partial charge in [-0.15, -0.1) is 0 Å². The molecule has 0 bridgehead atoms. The third-order valence-electron chi connectivity index (χ3n) is 1.61. The number of carbonyl (C=O) groups excluding carboxylic acids is 1. The van der Waals surface area contributed by atoms with Gasteiger partial charge in [0.15, 0.2) is 5.65 Å². The number of aromatic nitrogens is 3. The molecule has 3 N–H and O–H groups in total. The minimum atomic E-state index is -0.531. The van der Waals surface area contributed by atoms with Crippen molar-refractivity contribution in [3.63, 3.8) is 0 Å². The summed E-state index contributed by atoms with van der Waals surface area (Å²) in [5, 5.41) is 6.74. The van der Waals surface area contributed by atoms with Crippen LogP contribution < -0.4 is 5.73 Å². The molecule has 5 nitrogen and oxygen atoms in total. The number of nitrogens with one attached hydrogen (secondary N) is 1. The summed E-state index contributed by atoms with van der Waals surface area (Å²) >= 11 is 3.18. The number of hydrogen-bond acceptors (Lipinski definition) is 3. The average Bonchev–Trinajstić information content (AvgIpc) is 2.50. The maximum atomic E-state index is 11.0. The average molecular weight is 240 g/mol. The number of amides is 1. The lowest BCUT2D eigenvalue weighted by Gasteiger charge is -1.98. The van der Waals surface area contributed by atoms with Crippen LogP contribution in [0.1, 0.15) is 10.4 Å². The number of hydrogen-bond donors (Lipinski definition) is 2. The summed E-state index contributed by atoms with van der Waals surface area (Å²) in [6.07, 6.45) is 4.11. The smallest absolute Gasteiger partial charge is 0.250 e. The van der Waals surface area contributed by atoms with Gasteiger partial charge in [-0.25, -0.2) is 4.98 Å². The number of nitrogens with two attached hydrogens (primary N) is 1. The van der Waals surface area contributed by atoms with Crippen molar-refractivity contribution in [1.82, 2.24) is 15.2 Å². The predicted octanol–water partition coefficient (Wildman–Crippen LogP) is 0.619. The lowest BCUT2D eigenvalue weighted by Crippen LogP contribution is -2.12. The van der Waals surface area contributed by atoms with Gasteiger partial charge >= 0.3 is 0 Å². The van der Waals surface area contributed by atoms with Crippen molar-refractivity contribution in [3.8, 4) is 0 Å². The second-order valence-corrected chi connectivity index (χ2v) is 3.26. The molecule has 2 rings (SSSR count). The highest BCUT2D eigenvalue weighted by Crippen LogP contribution is 2.21. The molecule has 0 unspecified atom stereocenters. The molecule has 0 saturated heterocycles. The molecule has 0 spiro atoms. The minimum absolute atomic E-state index is 0.346. The van der Waals surface area contributed by atoms with Crippen LogP contribution in [0.2, 0.25) is 0 Å². The Morgan fingerprint density at radius 2 is 2.46 bits per heavy atom. The Kier molecular flexibility index (Phi) is 1.77. The molecular formula is C7H4BrN4O. The topological polar surface area (TPSA) is 84.7 Å². The fourth-order valence-corrected chi connectivity index (χ4v) is 1.56. The van der Waals surface area contributed by atoms with E-state index in [-0.39, 0.29) is 0 Å². The van der Waals surface area contributed by atoms with Crippen LogP contribution in [-0.4, -0.2) is 21.1 Å². The Morgan fingerprint density at radius 3 is 3.15 bits per heavy atom. The summed E-state index contributed by atoms with van der Waals surface area (Å²) in [6, 6.07) is 0. The van der Waals surface area contributed by atoms with Crippen molar-refractivity contribution < 1.29 is 4.79 Å². The molecule has 6 heteroatoms. The Balaban J connectivity index is 2.88. The van der Waals surface area contributed by atoms with E-state index < -0.39 is 5.91 Å². The van der Waals surface area contributed by atoms with Crippen LogP contribution in [0.5, 0.6) is 0 Å². The van der Waals surface area contributed by atoms with Crippen LogP contribution in [0.3, 0.4) is 0 Å². The summed E-state index contributed by atoms with van der Waals surface area (Å²) in [5.74, 6) is -0.531. The van der Waals surface area contributed by atoms with E-state index >= 15 is 0 Å². The first-order valence-electron chi connectivity index (χ1n) is 3.40. The van der Waals surface area contributed by atoms with Gasteiger partial charge < -0.3 is 5.73 Å². The van der Waals surface area contributed by atoms with Crippen LogP contribution in [0, 0.1) is 6.20 Å². The number of halogens is 1. The van der Waals surface area contributed by atoms with Gasteiger partial charge in [-0.1, -0.05) is 0 Å². The summed E-state index contributed by atoms with van der Waals surface area (Å²) in [7, 11) is 0. The van der Waals surface area contributed by atoms with Crippen molar-refractivity contribution in [2.45, 2.75) is 0 Å². The highest BCUT2D eigenvalue weighted by molar-refractivity contribution is 9.10. The lowest BCUT2D eigenvalue weighted by atomic mass is 10.2. The molecule has 65 valence electrons. The third kappa shape index (κ3) is 1.19. The first kappa shape index (κ1) is 8.18. The summed E-state index contributed by atoms with van der Waals surface area (Å²) in [4.78, 5) is 15.0. The molecule has 0 atom stereocenters. The first-order chi connectivity index (χ1) is 6.20. The zero-order valence-corrected chi connectivity index (χ0v) is 7.92. The largest absolute Gasteiger partial charge is 0.366 e. The van der Waals surface area contributed by atoms with E-state index in [0.717, 1.165) is 0 Å². The molecule has 0 aliphatic rings. The molecule has 0 aliphatic heterocycles. The number of nitrogens with zero attached hydrogens (tertiary/aromatic N) is 2. The number of fused-ring (bicyclic) bond motifs is 1. The Bertz CT molecular complexity index is 478. The van der Waals surface area contributed by atoms with Crippen LogP contribution in [0.25, 0.3) is 11.0 Å². The molecule has 0 aromatic carbocycles. The Morgan fingerprint density at radius 1 is 1.69 bits per heavy atom. The van der Waals surface area contributed by atoms with Crippen molar-refractivity contribution in [2.75, 3.05) is 0 Å². The third-order valence-corrected chi connectivity index (χ3v) is 2.21.